The Morgan fingerprint density at radius 2 is 1.73 bits per heavy atom. The molecule has 0 saturated heterocycles. The highest BCUT2D eigenvalue weighted by molar-refractivity contribution is 7.89. The van der Waals surface area contributed by atoms with Crippen LogP contribution in [-0.4, -0.2) is 35.1 Å². The Bertz CT molecular complexity index is 1340. The molecule has 3 rings (SSSR count). The van der Waals surface area contributed by atoms with E-state index in [1.165, 1.54) is 29.7 Å². The molecule has 1 atom stereocenters. The number of amides is 1. The van der Waals surface area contributed by atoms with Gasteiger partial charge in [-0.25, -0.2) is 18.7 Å². The minimum Gasteiger partial charge on any atom is -0.457 e. The fourth-order valence-corrected chi connectivity index (χ4v) is 4.34. The highest BCUT2D eigenvalue weighted by Crippen LogP contribution is 2.22. The standard InChI is InChI=1S/C20H19ClN4O7S/c21-17-12-18(26)22-20(28)25(17)11-10-16(19(27)23-29)24-33(30,31)15-8-6-14(7-9-15)32-13-4-2-1-3-5-13/h1-9,12,16,24,29H,10-11H2,(H,23,27)(H,22,26,28)/t16-/m1/s1. The fourth-order valence-electron chi connectivity index (χ4n) is 2.85. The van der Waals surface area contributed by atoms with Crippen LogP contribution in [0.4, 0.5) is 0 Å². The summed E-state index contributed by atoms with van der Waals surface area (Å²) in [6.07, 6.45) is -0.257. The van der Waals surface area contributed by atoms with Crippen molar-refractivity contribution >= 4 is 27.5 Å². The first-order chi connectivity index (χ1) is 15.7. The van der Waals surface area contributed by atoms with Gasteiger partial charge in [0, 0.05) is 12.6 Å². The molecule has 1 heterocycles. The molecule has 33 heavy (non-hydrogen) atoms. The van der Waals surface area contributed by atoms with Gasteiger partial charge >= 0.3 is 5.69 Å². The van der Waals surface area contributed by atoms with Gasteiger partial charge in [-0.2, -0.15) is 4.72 Å². The van der Waals surface area contributed by atoms with Crippen LogP contribution in [-0.2, 0) is 21.4 Å². The Hall–Kier alpha value is -3.45. The summed E-state index contributed by atoms with van der Waals surface area (Å²) in [5.41, 5.74) is -0.143. The molecule has 2 aromatic carbocycles. The van der Waals surface area contributed by atoms with Crippen molar-refractivity contribution < 1.29 is 23.2 Å². The molecule has 13 heteroatoms. The molecule has 174 valence electrons. The highest BCUT2D eigenvalue weighted by Gasteiger charge is 2.26. The quantitative estimate of drug-likeness (QED) is 0.198. The monoisotopic (exact) mass is 494 g/mol. The number of hydrogen-bond acceptors (Lipinski definition) is 7. The molecule has 0 aliphatic heterocycles. The third-order valence-corrected chi connectivity index (χ3v) is 6.26. The largest absolute Gasteiger partial charge is 0.457 e. The summed E-state index contributed by atoms with van der Waals surface area (Å²) in [5, 5.41) is 8.81. The molecule has 0 spiro atoms. The SMILES string of the molecule is O=C(NO)[C@@H](CCn1c(Cl)cc(=O)[nH]c1=O)NS(=O)(=O)c1ccc(Oc2ccccc2)cc1. The van der Waals surface area contributed by atoms with Gasteiger partial charge in [0.15, 0.2) is 0 Å². The molecular formula is C20H19ClN4O7S. The van der Waals surface area contributed by atoms with E-state index in [9.17, 15) is 22.8 Å². The van der Waals surface area contributed by atoms with E-state index >= 15 is 0 Å². The van der Waals surface area contributed by atoms with Crippen LogP contribution in [0.25, 0.3) is 0 Å². The van der Waals surface area contributed by atoms with E-state index in [0.29, 0.717) is 11.5 Å². The lowest BCUT2D eigenvalue weighted by molar-refractivity contribution is -0.131. The number of para-hydroxylation sites is 1. The number of halogens is 1. The Kier molecular flexibility index (Phi) is 7.66. The van der Waals surface area contributed by atoms with Crippen molar-refractivity contribution in [3.8, 4) is 11.5 Å². The Labute approximate surface area is 192 Å². The van der Waals surface area contributed by atoms with Crippen LogP contribution in [0.1, 0.15) is 6.42 Å². The zero-order chi connectivity index (χ0) is 24.0. The molecule has 0 aliphatic rings. The smallest absolute Gasteiger partial charge is 0.329 e. The summed E-state index contributed by atoms with van der Waals surface area (Å²) in [4.78, 5) is 37.1. The minimum absolute atomic E-state index is 0.155. The maximum atomic E-state index is 12.8. The molecule has 0 fully saturated rings. The topological polar surface area (TPSA) is 160 Å². The van der Waals surface area contributed by atoms with Crippen LogP contribution in [0, 0.1) is 0 Å². The number of aromatic nitrogens is 2. The van der Waals surface area contributed by atoms with Crippen LogP contribution < -0.4 is 26.2 Å². The second-order valence-corrected chi connectivity index (χ2v) is 8.84. The number of rotatable bonds is 9. The molecular weight excluding hydrogens is 476 g/mol. The first-order valence-electron chi connectivity index (χ1n) is 9.48. The first kappa shape index (κ1) is 24.2. The van der Waals surface area contributed by atoms with Crippen molar-refractivity contribution in [1.82, 2.24) is 19.8 Å². The third-order valence-electron chi connectivity index (χ3n) is 4.46. The lowest BCUT2D eigenvalue weighted by Crippen LogP contribution is -2.46. The van der Waals surface area contributed by atoms with Crippen LogP contribution in [0.2, 0.25) is 5.15 Å². The van der Waals surface area contributed by atoms with Crippen molar-refractivity contribution in [2.24, 2.45) is 0 Å². The summed E-state index contributed by atoms with van der Waals surface area (Å²) < 4.78 is 34.3. The predicted octanol–water partition coefficient (Wildman–Crippen LogP) is 1.22. The Balaban J connectivity index is 1.75. The van der Waals surface area contributed by atoms with E-state index in [-0.39, 0.29) is 23.0 Å². The molecule has 4 N–H and O–H groups in total. The number of benzene rings is 2. The third kappa shape index (κ3) is 6.29. The zero-order valence-electron chi connectivity index (χ0n) is 16.9. The van der Waals surface area contributed by atoms with Gasteiger partial charge in [-0.05, 0) is 42.8 Å². The number of sulfonamides is 1. The average molecular weight is 495 g/mol. The molecule has 3 aromatic rings. The number of hydroxylamine groups is 1. The van der Waals surface area contributed by atoms with Crippen molar-refractivity contribution in [3.05, 3.63) is 86.7 Å². The second-order valence-electron chi connectivity index (χ2n) is 6.74. The molecule has 1 aromatic heterocycles. The lowest BCUT2D eigenvalue weighted by atomic mass is 10.2. The van der Waals surface area contributed by atoms with Gasteiger partial charge in [-0.3, -0.25) is 24.3 Å². The number of nitrogens with one attached hydrogen (secondary N) is 3. The van der Waals surface area contributed by atoms with E-state index in [0.717, 1.165) is 10.6 Å². The molecule has 0 bridgehead atoms. The first-order valence-corrected chi connectivity index (χ1v) is 11.3. The van der Waals surface area contributed by atoms with E-state index in [1.54, 1.807) is 24.3 Å². The number of carbonyl (C=O) groups excluding carboxylic acids is 1. The molecule has 0 aliphatic carbocycles. The number of H-pyrrole nitrogens is 1. The summed E-state index contributed by atoms with van der Waals surface area (Å²) in [7, 11) is -4.19. The van der Waals surface area contributed by atoms with Crippen LogP contribution in [0.15, 0.2) is 75.1 Å². The Morgan fingerprint density at radius 1 is 1.09 bits per heavy atom. The van der Waals surface area contributed by atoms with Crippen molar-refractivity contribution in [2.45, 2.75) is 23.9 Å². The van der Waals surface area contributed by atoms with Crippen molar-refractivity contribution in [2.75, 3.05) is 0 Å². The zero-order valence-corrected chi connectivity index (χ0v) is 18.5. The van der Waals surface area contributed by atoms with Gasteiger partial charge < -0.3 is 4.74 Å². The lowest BCUT2D eigenvalue weighted by Gasteiger charge is -2.18. The van der Waals surface area contributed by atoms with Gasteiger partial charge in [0.1, 0.15) is 22.7 Å². The minimum atomic E-state index is -4.19. The van der Waals surface area contributed by atoms with Crippen LogP contribution in [0.3, 0.4) is 0 Å². The fraction of sp³-hybridized carbons (Fsp3) is 0.150. The number of hydrogen-bond donors (Lipinski definition) is 4. The van der Waals surface area contributed by atoms with E-state index in [1.807, 2.05) is 11.1 Å². The van der Waals surface area contributed by atoms with Gasteiger partial charge in [0.25, 0.3) is 11.5 Å². The second kappa shape index (κ2) is 10.4. The molecule has 0 unspecified atom stereocenters. The Morgan fingerprint density at radius 3 is 2.33 bits per heavy atom. The van der Waals surface area contributed by atoms with Gasteiger partial charge in [0.05, 0.1) is 4.90 Å². The van der Waals surface area contributed by atoms with E-state index < -0.39 is 33.2 Å². The number of nitrogens with zero attached hydrogens (tertiary/aromatic N) is 1. The summed E-state index contributed by atoms with van der Waals surface area (Å²) in [5.74, 6) is -0.0739. The maximum Gasteiger partial charge on any atom is 0.329 e. The summed E-state index contributed by atoms with van der Waals surface area (Å²) in [6.45, 7) is -0.223. The predicted molar refractivity (Wildman–Crippen MR) is 118 cm³/mol. The average Bonchev–Trinajstić information content (AvgIpc) is 2.78. The van der Waals surface area contributed by atoms with Crippen LogP contribution in [0.5, 0.6) is 11.5 Å². The summed E-state index contributed by atoms with van der Waals surface area (Å²) >= 11 is 5.88. The number of carbonyl (C=O) groups is 1. The van der Waals surface area contributed by atoms with E-state index in [2.05, 4.69) is 4.72 Å². The van der Waals surface area contributed by atoms with Gasteiger partial charge in [-0.1, -0.05) is 29.8 Å². The van der Waals surface area contributed by atoms with Gasteiger partial charge in [0.2, 0.25) is 10.0 Å². The highest BCUT2D eigenvalue weighted by atomic mass is 35.5. The molecule has 11 nitrogen and oxygen atoms in total. The van der Waals surface area contributed by atoms with E-state index in [4.69, 9.17) is 21.5 Å². The number of ether oxygens (including phenoxy) is 1. The van der Waals surface area contributed by atoms with Crippen LogP contribution >= 0.6 is 11.6 Å². The molecule has 1 amide bonds. The maximum absolute atomic E-state index is 12.8. The van der Waals surface area contributed by atoms with Gasteiger partial charge in [-0.15, -0.1) is 0 Å². The van der Waals surface area contributed by atoms with Crippen molar-refractivity contribution in [3.63, 3.8) is 0 Å². The number of aromatic amines is 1. The molecule has 0 saturated carbocycles. The normalized spacial score (nSPS) is 12.2. The molecule has 0 radical (unpaired) electrons. The summed E-state index contributed by atoms with van der Waals surface area (Å²) in [6, 6.07) is 13.9. The van der Waals surface area contributed by atoms with Crippen molar-refractivity contribution in [1.29, 1.82) is 0 Å².